The molecule has 0 aliphatic rings. The molecule has 0 bridgehead atoms. The molecule has 0 aliphatic carbocycles. The zero-order chi connectivity index (χ0) is 12.3. The van der Waals surface area contributed by atoms with Gasteiger partial charge in [0.1, 0.15) is 17.5 Å². The Morgan fingerprint density at radius 2 is 2.31 bits per heavy atom. The van der Waals surface area contributed by atoms with Crippen LogP contribution in [0.4, 0.5) is 8.78 Å². The molecule has 0 radical (unpaired) electrons. The van der Waals surface area contributed by atoms with E-state index in [1.807, 2.05) is 0 Å². The molecule has 16 heavy (non-hydrogen) atoms. The van der Waals surface area contributed by atoms with E-state index in [-0.39, 0.29) is 11.4 Å². The zero-order valence-corrected chi connectivity index (χ0v) is 8.76. The van der Waals surface area contributed by atoms with Gasteiger partial charge in [0.05, 0.1) is 12.7 Å². The summed E-state index contributed by atoms with van der Waals surface area (Å²) in [5.74, 6) is -0.287. The summed E-state index contributed by atoms with van der Waals surface area (Å²) in [6, 6.07) is 2.43. The van der Waals surface area contributed by atoms with Crippen molar-refractivity contribution in [3.8, 4) is 11.8 Å². The van der Waals surface area contributed by atoms with Crippen LogP contribution in [0.25, 0.3) is 0 Å². The third-order valence-electron chi connectivity index (χ3n) is 1.77. The highest BCUT2D eigenvalue weighted by Crippen LogP contribution is 2.31. The van der Waals surface area contributed by atoms with Crippen LogP contribution in [0.2, 0.25) is 0 Å². The van der Waals surface area contributed by atoms with Crippen molar-refractivity contribution in [1.82, 2.24) is 4.98 Å². The molecule has 1 aromatic rings. The molecule has 7 heteroatoms. The predicted octanol–water partition coefficient (Wildman–Crippen LogP) is 2.28. The second kappa shape index (κ2) is 4.86. The molecule has 1 heterocycles. The van der Waals surface area contributed by atoms with Gasteiger partial charge in [-0.25, -0.2) is 13.8 Å². The summed E-state index contributed by atoms with van der Waals surface area (Å²) < 4.78 is 29.9. The second-order valence-electron chi connectivity index (χ2n) is 2.66. The van der Waals surface area contributed by atoms with Gasteiger partial charge in [0.2, 0.25) is 0 Å². The van der Waals surface area contributed by atoms with Crippen molar-refractivity contribution in [3.05, 3.63) is 23.0 Å². The average Bonchev–Trinajstić information content (AvgIpc) is 2.26. The highest BCUT2D eigenvalue weighted by Gasteiger charge is 2.23. The fraction of sp³-hybridized carbons (Fsp3) is 0.222. The van der Waals surface area contributed by atoms with Gasteiger partial charge in [0.25, 0.3) is 11.7 Å². The molecule has 1 aromatic heterocycles. The average molecular weight is 247 g/mol. The maximum Gasteiger partial charge on any atom is 0.271 e. The van der Waals surface area contributed by atoms with E-state index in [4.69, 9.17) is 16.9 Å². The van der Waals surface area contributed by atoms with Crippen LogP contribution in [0.15, 0.2) is 6.07 Å². The van der Waals surface area contributed by atoms with Crippen molar-refractivity contribution in [2.45, 2.75) is 6.43 Å². The van der Waals surface area contributed by atoms with Crippen LogP contribution in [0.5, 0.6) is 5.75 Å². The molecule has 0 atom stereocenters. The van der Waals surface area contributed by atoms with Gasteiger partial charge < -0.3 is 4.74 Å². The third kappa shape index (κ3) is 2.25. The van der Waals surface area contributed by atoms with Crippen LogP contribution < -0.4 is 4.74 Å². The number of nitrogens with zero attached hydrogens (tertiary/aromatic N) is 2. The standard InChI is InChI=1S/C9H5ClF2N2O2/c1-16-6-2-4(8(10)15)14-5(3-13)7(6)9(11)12/h2,9H,1H3. The Hall–Kier alpha value is -1.74. The fourth-order valence-corrected chi connectivity index (χ4v) is 1.19. The summed E-state index contributed by atoms with van der Waals surface area (Å²) in [6.45, 7) is 0. The maximum absolute atomic E-state index is 12.6. The number of aromatic nitrogens is 1. The molecule has 0 unspecified atom stereocenters. The van der Waals surface area contributed by atoms with Gasteiger partial charge >= 0.3 is 0 Å². The molecule has 0 amide bonds. The number of nitriles is 1. The van der Waals surface area contributed by atoms with Crippen LogP contribution in [0.1, 0.15) is 28.2 Å². The summed E-state index contributed by atoms with van der Waals surface area (Å²) in [5, 5.41) is 7.69. The molecule has 0 spiro atoms. The third-order valence-corrected chi connectivity index (χ3v) is 1.96. The Kier molecular flexibility index (Phi) is 3.74. The summed E-state index contributed by atoms with van der Waals surface area (Å²) in [6.07, 6.45) is -2.92. The second-order valence-corrected chi connectivity index (χ2v) is 3.00. The van der Waals surface area contributed by atoms with E-state index in [1.54, 1.807) is 0 Å². The minimum Gasteiger partial charge on any atom is -0.496 e. The zero-order valence-electron chi connectivity index (χ0n) is 8.00. The van der Waals surface area contributed by atoms with E-state index in [2.05, 4.69) is 9.72 Å². The smallest absolute Gasteiger partial charge is 0.271 e. The molecule has 0 saturated heterocycles. The number of ether oxygens (including phenoxy) is 1. The SMILES string of the molecule is COc1cc(C(=O)Cl)nc(C#N)c1C(F)F. The van der Waals surface area contributed by atoms with Crippen LogP contribution >= 0.6 is 11.6 Å². The number of hydrogen-bond donors (Lipinski definition) is 0. The van der Waals surface area contributed by atoms with E-state index in [0.29, 0.717) is 0 Å². The Balaban J connectivity index is 3.51. The quantitative estimate of drug-likeness (QED) is 0.768. The number of carbonyl (C=O) groups excluding carboxylic acids is 1. The first-order valence-electron chi connectivity index (χ1n) is 3.98. The maximum atomic E-state index is 12.6. The van der Waals surface area contributed by atoms with Gasteiger partial charge in [-0.2, -0.15) is 5.26 Å². The van der Waals surface area contributed by atoms with Crippen LogP contribution in [-0.4, -0.2) is 17.3 Å². The monoisotopic (exact) mass is 246 g/mol. The molecule has 4 nitrogen and oxygen atoms in total. The van der Waals surface area contributed by atoms with Crippen molar-refractivity contribution >= 4 is 16.8 Å². The predicted molar refractivity (Wildman–Crippen MR) is 50.6 cm³/mol. The summed E-state index contributed by atoms with van der Waals surface area (Å²) in [5.41, 5.74) is -1.52. The largest absolute Gasteiger partial charge is 0.496 e. The van der Waals surface area contributed by atoms with Crippen LogP contribution in [0, 0.1) is 11.3 Å². The molecule has 0 aromatic carbocycles. The van der Waals surface area contributed by atoms with Gasteiger partial charge in [-0.15, -0.1) is 0 Å². The van der Waals surface area contributed by atoms with Gasteiger partial charge in [-0.05, 0) is 11.6 Å². The summed E-state index contributed by atoms with van der Waals surface area (Å²) >= 11 is 5.14. The van der Waals surface area contributed by atoms with Crippen molar-refractivity contribution in [2.24, 2.45) is 0 Å². The minimum absolute atomic E-state index is 0.287. The Morgan fingerprint density at radius 1 is 1.69 bits per heavy atom. The fourth-order valence-electron chi connectivity index (χ4n) is 1.10. The molecule has 84 valence electrons. The summed E-state index contributed by atoms with van der Waals surface area (Å²) in [7, 11) is 1.14. The van der Waals surface area contributed by atoms with E-state index in [9.17, 15) is 13.6 Å². The van der Waals surface area contributed by atoms with Crippen molar-refractivity contribution in [3.63, 3.8) is 0 Å². The molecule has 0 saturated carbocycles. The van der Waals surface area contributed by atoms with E-state index in [1.165, 1.54) is 6.07 Å². The lowest BCUT2D eigenvalue weighted by Gasteiger charge is -2.09. The van der Waals surface area contributed by atoms with Crippen LogP contribution in [-0.2, 0) is 0 Å². The first-order valence-corrected chi connectivity index (χ1v) is 4.36. The number of methoxy groups -OCH3 is 1. The Morgan fingerprint density at radius 3 is 2.69 bits per heavy atom. The first-order chi connectivity index (χ1) is 7.51. The van der Waals surface area contributed by atoms with Crippen LogP contribution in [0.3, 0.4) is 0 Å². The van der Waals surface area contributed by atoms with Gasteiger partial charge in [0.15, 0.2) is 5.69 Å². The highest BCUT2D eigenvalue weighted by molar-refractivity contribution is 6.67. The molecule has 1 rings (SSSR count). The molecule has 0 N–H and O–H groups in total. The normalized spacial score (nSPS) is 10.0. The molecule has 0 fully saturated rings. The number of pyridine rings is 1. The van der Waals surface area contributed by atoms with Crippen molar-refractivity contribution in [1.29, 1.82) is 5.26 Å². The Bertz CT molecular complexity index is 471. The number of hydrogen-bond acceptors (Lipinski definition) is 4. The number of alkyl halides is 2. The van der Waals surface area contributed by atoms with Gasteiger partial charge in [0, 0.05) is 6.07 Å². The Labute approximate surface area is 94.4 Å². The number of halogens is 3. The van der Waals surface area contributed by atoms with E-state index < -0.39 is 22.9 Å². The van der Waals surface area contributed by atoms with E-state index >= 15 is 0 Å². The first kappa shape index (κ1) is 12.3. The minimum atomic E-state index is -2.92. The van der Waals surface area contributed by atoms with Gasteiger partial charge in [-0.1, -0.05) is 0 Å². The topological polar surface area (TPSA) is 63.0 Å². The molecular formula is C9H5ClF2N2O2. The lowest BCUT2D eigenvalue weighted by molar-refractivity contribution is 0.107. The van der Waals surface area contributed by atoms with Gasteiger partial charge in [-0.3, -0.25) is 4.79 Å². The lowest BCUT2D eigenvalue weighted by atomic mass is 10.1. The molecule has 0 aliphatic heterocycles. The highest BCUT2D eigenvalue weighted by atomic mass is 35.5. The van der Waals surface area contributed by atoms with Crippen molar-refractivity contribution < 1.29 is 18.3 Å². The number of carbonyl (C=O) groups is 1. The lowest BCUT2D eigenvalue weighted by Crippen LogP contribution is -2.04. The van der Waals surface area contributed by atoms with E-state index in [0.717, 1.165) is 13.2 Å². The molecular weight excluding hydrogens is 242 g/mol. The summed E-state index contributed by atoms with van der Waals surface area (Å²) in [4.78, 5) is 14.2. The number of rotatable bonds is 3. The van der Waals surface area contributed by atoms with Crippen molar-refractivity contribution in [2.75, 3.05) is 7.11 Å².